The number of nitrogens with zero attached hydrogens (tertiary/aromatic N) is 1. The van der Waals surface area contributed by atoms with Gasteiger partial charge in [-0.25, -0.2) is 9.59 Å². The van der Waals surface area contributed by atoms with E-state index in [2.05, 4.69) is 0 Å². The van der Waals surface area contributed by atoms with Crippen molar-refractivity contribution in [1.82, 2.24) is 4.90 Å². The molecular formula is C6H9NO5. The summed E-state index contributed by atoms with van der Waals surface area (Å²) < 4.78 is 0. The fourth-order valence-corrected chi connectivity index (χ4v) is 1.26. The molecule has 2 atom stereocenters. The Morgan fingerprint density at radius 3 is 2.25 bits per heavy atom. The summed E-state index contributed by atoms with van der Waals surface area (Å²) in [6.07, 6.45) is -2.19. The first kappa shape index (κ1) is 8.79. The van der Waals surface area contributed by atoms with E-state index in [-0.39, 0.29) is 13.0 Å². The van der Waals surface area contributed by atoms with Crippen LogP contribution in [-0.2, 0) is 4.79 Å². The number of carboxylic acids is 1. The third-order valence-electron chi connectivity index (χ3n) is 1.81. The summed E-state index contributed by atoms with van der Waals surface area (Å²) in [7, 11) is 0. The molecule has 3 N–H and O–H groups in total. The Morgan fingerprint density at radius 1 is 1.33 bits per heavy atom. The molecule has 1 rings (SSSR count). The van der Waals surface area contributed by atoms with Crippen LogP contribution in [0.3, 0.4) is 0 Å². The largest absolute Gasteiger partial charge is 0.480 e. The van der Waals surface area contributed by atoms with E-state index in [0.717, 1.165) is 4.90 Å². The molecule has 0 aromatic carbocycles. The van der Waals surface area contributed by atoms with Gasteiger partial charge in [0.05, 0.1) is 12.6 Å². The topological polar surface area (TPSA) is 98.1 Å². The predicted molar refractivity (Wildman–Crippen MR) is 36.8 cm³/mol. The van der Waals surface area contributed by atoms with Crippen molar-refractivity contribution in [2.45, 2.75) is 18.6 Å². The van der Waals surface area contributed by atoms with Gasteiger partial charge in [0, 0.05) is 6.42 Å². The minimum atomic E-state index is -1.31. The van der Waals surface area contributed by atoms with E-state index < -0.39 is 24.2 Å². The molecule has 0 saturated carbocycles. The molecule has 12 heavy (non-hydrogen) atoms. The van der Waals surface area contributed by atoms with Crippen molar-refractivity contribution in [1.29, 1.82) is 0 Å². The van der Waals surface area contributed by atoms with E-state index in [1.807, 2.05) is 0 Å². The SMILES string of the molecule is O=C(O)C1CC(O)CN1C(=O)O. The van der Waals surface area contributed by atoms with E-state index in [1.54, 1.807) is 0 Å². The Hall–Kier alpha value is -1.30. The highest BCUT2D eigenvalue weighted by atomic mass is 16.4. The zero-order chi connectivity index (χ0) is 9.30. The molecule has 2 unspecified atom stereocenters. The number of carboxylic acid groups (broad SMARTS) is 2. The lowest BCUT2D eigenvalue weighted by Crippen LogP contribution is -2.39. The predicted octanol–water partition coefficient (Wildman–Crippen LogP) is -0.816. The molecule has 1 amide bonds. The van der Waals surface area contributed by atoms with Crippen LogP contribution < -0.4 is 0 Å². The fourth-order valence-electron chi connectivity index (χ4n) is 1.26. The number of likely N-dealkylation sites (tertiary alicyclic amines) is 1. The zero-order valence-electron chi connectivity index (χ0n) is 6.17. The van der Waals surface area contributed by atoms with Gasteiger partial charge in [0.1, 0.15) is 6.04 Å². The summed E-state index contributed by atoms with van der Waals surface area (Å²) in [6.45, 7) is -0.119. The average Bonchev–Trinajstić information content (AvgIpc) is 2.31. The van der Waals surface area contributed by atoms with Crippen molar-refractivity contribution in [3.8, 4) is 0 Å². The molecule has 0 aliphatic carbocycles. The van der Waals surface area contributed by atoms with E-state index in [9.17, 15) is 9.59 Å². The quantitative estimate of drug-likeness (QED) is 0.484. The fraction of sp³-hybridized carbons (Fsp3) is 0.667. The van der Waals surface area contributed by atoms with Gasteiger partial charge in [0.2, 0.25) is 0 Å². The van der Waals surface area contributed by atoms with Crippen molar-refractivity contribution in [3.05, 3.63) is 0 Å². The Labute approximate surface area is 68.0 Å². The van der Waals surface area contributed by atoms with Gasteiger partial charge in [-0.2, -0.15) is 0 Å². The molecule has 6 nitrogen and oxygen atoms in total. The summed E-state index contributed by atoms with van der Waals surface area (Å²) in [5, 5.41) is 26.0. The Morgan fingerprint density at radius 2 is 1.92 bits per heavy atom. The number of rotatable bonds is 1. The van der Waals surface area contributed by atoms with Gasteiger partial charge < -0.3 is 15.3 Å². The van der Waals surface area contributed by atoms with Gasteiger partial charge >= 0.3 is 12.1 Å². The normalized spacial score (nSPS) is 28.9. The van der Waals surface area contributed by atoms with Crippen LogP contribution in [0.5, 0.6) is 0 Å². The minimum Gasteiger partial charge on any atom is -0.480 e. The van der Waals surface area contributed by atoms with Crippen molar-refractivity contribution >= 4 is 12.1 Å². The highest BCUT2D eigenvalue weighted by molar-refractivity contribution is 5.80. The summed E-state index contributed by atoms with van der Waals surface area (Å²) in [5.74, 6) is -1.21. The molecule has 0 aromatic rings. The van der Waals surface area contributed by atoms with Gasteiger partial charge in [-0.05, 0) is 0 Å². The summed E-state index contributed by atoms with van der Waals surface area (Å²) in [5.41, 5.74) is 0. The summed E-state index contributed by atoms with van der Waals surface area (Å²) in [6, 6.07) is -1.10. The zero-order valence-corrected chi connectivity index (χ0v) is 6.17. The molecule has 1 heterocycles. The maximum Gasteiger partial charge on any atom is 0.408 e. The lowest BCUT2D eigenvalue weighted by Gasteiger charge is -2.16. The minimum absolute atomic E-state index is 0.0262. The number of carbonyl (C=O) groups is 2. The van der Waals surface area contributed by atoms with Gasteiger partial charge in [0.25, 0.3) is 0 Å². The van der Waals surface area contributed by atoms with Crippen LogP contribution in [-0.4, -0.2) is 51.0 Å². The van der Waals surface area contributed by atoms with Gasteiger partial charge in [-0.15, -0.1) is 0 Å². The first-order chi connectivity index (χ1) is 5.52. The first-order valence-corrected chi connectivity index (χ1v) is 3.43. The number of aliphatic carboxylic acids is 1. The number of amides is 1. The second-order valence-electron chi connectivity index (χ2n) is 2.68. The van der Waals surface area contributed by atoms with Crippen molar-refractivity contribution in [3.63, 3.8) is 0 Å². The number of hydrogen-bond donors (Lipinski definition) is 3. The highest BCUT2D eigenvalue weighted by Crippen LogP contribution is 2.17. The molecule has 1 fully saturated rings. The molecule has 0 bridgehead atoms. The van der Waals surface area contributed by atoms with E-state index >= 15 is 0 Å². The number of hydrogen-bond acceptors (Lipinski definition) is 3. The Kier molecular flexibility index (Phi) is 2.18. The number of β-amino-alcohol motifs (C(OH)–C–C–N with tert-alkyl or cyclic N) is 1. The third kappa shape index (κ3) is 1.48. The van der Waals surface area contributed by atoms with Crippen molar-refractivity contribution < 1.29 is 24.9 Å². The van der Waals surface area contributed by atoms with Crippen molar-refractivity contribution in [2.75, 3.05) is 6.54 Å². The highest BCUT2D eigenvalue weighted by Gasteiger charge is 2.38. The molecular weight excluding hydrogens is 166 g/mol. The molecule has 1 saturated heterocycles. The number of aliphatic hydroxyl groups excluding tert-OH is 1. The molecule has 1 aliphatic rings. The molecule has 0 aromatic heterocycles. The second-order valence-corrected chi connectivity index (χ2v) is 2.68. The van der Waals surface area contributed by atoms with Crippen LogP contribution in [0.25, 0.3) is 0 Å². The van der Waals surface area contributed by atoms with Crippen molar-refractivity contribution in [2.24, 2.45) is 0 Å². The van der Waals surface area contributed by atoms with Gasteiger partial charge in [-0.3, -0.25) is 4.90 Å². The Bertz CT molecular complexity index is 194. The van der Waals surface area contributed by atoms with Crippen LogP contribution in [0.4, 0.5) is 4.79 Å². The molecule has 68 valence electrons. The lowest BCUT2D eigenvalue weighted by molar-refractivity contribution is -0.141. The van der Waals surface area contributed by atoms with Crippen LogP contribution in [0.1, 0.15) is 6.42 Å². The lowest BCUT2D eigenvalue weighted by atomic mass is 10.2. The number of aliphatic hydroxyl groups is 1. The molecule has 0 spiro atoms. The third-order valence-corrected chi connectivity index (χ3v) is 1.81. The van der Waals surface area contributed by atoms with Crippen LogP contribution >= 0.6 is 0 Å². The molecule has 6 heteroatoms. The van der Waals surface area contributed by atoms with E-state index in [0.29, 0.717) is 0 Å². The van der Waals surface area contributed by atoms with Crippen LogP contribution in [0, 0.1) is 0 Å². The smallest absolute Gasteiger partial charge is 0.408 e. The van der Waals surface area contributed by atoms with Crippen LogP contribution in [0.2, 0.25) is 0 Å². The monoisotopic (exact) mass is 175 g/mol. The second kappa shape index (κ2) is 2.98. The van der Waals surface area contributed by atoms with E-state index in [1.165, 1.54) is 0 Å². The molecule has 0 radical (unpaired) electrons. The van der Waals surface area contributed by atoms with Gasteiger partial charge in [-0.1, -0.05) is 0 Å². The van der Waals surface area contributed by atoms with E-state index in [4.69, 9.17) is 15.3 Å². The maximum absolute atomic E-state index is 10.4. The summed E-state index contributed by atoms with van der Waals surface area (Å²) >= 11 is 0. The summed E-state index contributed by atoms with van der Waals surface area (Å²) in [4.78, 5) is 21.6. The van der Waals surface area contributed by atoms with Gasteiger partial charge in [0.15, 0.2) is 0 Å². The molecule has 1 aliphatic heterocycles. The average molecular weight is 175 g/mol. The van der Waals surface area contributed by atoms with Crippen LogP contribution in [0.15, 0.2) is 0 Å². The first-order valence-electron chi connectivity index (χ1n) is 3.43. The standard InChI is InChI=1S/C6H9NO5/c8-3-1-4(5(9)10)7(2-3)6(11)12/h3-4,8H,1-2H2,(H,9,10)(H,11,12). The maximum atomic E-state index is 10.4. The Balaban J connectivity index is 2.72.